The number of aliphatic hydroxyl groups excluding tert-OH is 1. The van der Waals surface area contributed by atoms with Crippen LogP contribution in [0, 0.1) is 5.92 Å². The zero-order valence-corrected chi connectivity index (χ0v) is 17.7. The summed E-state index contributed by atoms with van der Waals surface area (Å²) < 4.78 is 10.3. The van der Waals surface area contributed by atoms with Crippen molar-refractivity contribution in [1.29, 1.82) is 0 Å². The van der Waals surface area contributed by atoms with E-state index in [1.807, 2.05) is 56.3 Å². The van der Waals surface area contributed by atoms with Crippen LogP contribution in [0.1, 0.15) is 30.6 Å². The molecule has 1 fully saturated rings. The number of carbonyl (C=O) groups is 3. The summed E-state index contributed by atoms with van der Waals surface area (Å²) in [6.07, 6.45) is -1.46. The average molecular weight is 425 g/mol. The minimum Gasteiger partial charge on any atom is -0.456 e. The van der Waals surface area contributed by atoms with Gasteiger partial charge in [-0.25, -0.2) is 9.59 Å². The summed E-state index contributed by atoms with van der Waals surface area (Å²) in [4.78, 5) is 38.3. The highest BCUT2D eigenvalue weighted by Crippen LogP contribution is 2.22. The maximum atomic E-state index is 12.5. The molecular weight excluding hydrogens is 398 g/mol. The molecule has 0 unspecified atom stereocenters. The number of esters is 1. The van der Waals surface area contributed by atoms with Gasteiger partial charge in [-0.15, -0.1) is 0 Å². The fourth-order valence-corrected chi connectivity index (χ4v) is 3.36. The van der Waals surface area contributed by atoms with Crippen molar-refractivity contribution in [2.45, 2.75) is 32.4 Å². The fourth-order valence-electron chi connectivity index (χ4n) is 3.36. The van der Waals surface area contributed by atoms with E-state index in [0.29, 0.717) is 5.56 Å². The normalized spacial score (nSPS) is 18.1. The molecule has 1 N–H and O–H groups in total. The molecule has 1 aliphatic rings. The van der Waals surface area contributed by atoms with E-state index >= 15 is 0 Å². The van der Waals surface area contributed by atoms with Crippen LogP contribution in [0.2, 0.25) is 0 Å². The zero-order valence-electron chi connectivity index (χ0n) is 17.7. The van der Waals surface area contributed by atoms with Gasteiger partial charge in [-0.3, -0.25) is 9.69 Å². The minimum absolute atomic E-state index is 0.00834. The van der Waals surface area contributed by atoms with E-state index in [-0.39, 0.29) is 31.3 Å². The van der Waals surface area contributed by atoms with Gasteiger partial charge in [0.15, 0.2) is 12.4 Å². The molecule has 31 heavy (non-hydrogen) atoms. The summed E-state index contributed by atoms with van der Waals surface area (Å²) >= 11 is 0. The predicted octanol–water partition coefficient (Wildman–Crippen LogP) is 3.31. The van der Waals surface area contributed by atoms with Crippen LogP contribution in [-0.2, 0) is 14.3 Å². The van der Waals surface area contributed by atoms with Gasteiger partial charge in [0.05, 0.1) is 19.3 Å². The number of amides is 1. The fraction of sp³-hybridized carbons (Fsp3) is 0.375. The quantitative estimate of drug-likeness (QED) is 0.540. The molecule has 7 heteroatoms. The number of rotatable bonds is 7. The molecule has 2 aromatic carbocycles. The van der Waals surface area contributed by atoms with Crippen molar-refractivity contribution in [3.63, 3.8) is 0 Å². The molecule has 1 saturated heterocycles. The number of hydrogen-bond acceptors (Lipinski definition) is 6. The second kappa shape index (κ2) is 10.2. The Balaban J connectivity index is 1.56. The lowest BCUT2D eigenvalue weighted by Crippen LogP contribution is -2.42. The standard InChI is InChI=1S/C24H27NO6/c1-16(2)14-31-24(29)25-13-20(26)12-21(25)23(28)30-15-22(27)19-10-8-18(9-11-19)17-6-4-3-5-7-17/h3-11,16,20-21,26H,12-15H2,1-2H3/t20-,21+/m0/s1. The molecule has 3 rings (SSSR count). The Hall–Kier alpha value is -3.19. The lowest BCUT2D eigenvalue weighted by Gasteiger charge is -2.22. The third kappa shape index (κ3) is 5.92. The van der Waals surface area contributed by atoms with Crippen molar-refractivity contribution in [1.82, 2.24) is 4.90 Å². The largest absolute Gasteiger partial charge is 0.456 e. The topological polar surface area (TPSA) is 93.1 Å². The van der Waals surface area contributed by atoms with Gasteiger partial charge in [-0.1, -0.05) is 68.4 Å². The van der Waals surface area contributed by atoms with Crippen molar-refractivity contribution < 1.29 is 29.0 Å². The first-order chi connectivity index (χ1) is 14.8. The molecule has 2 atom stereocenters. The van der Waals surface area contributed by atoms with Gasteiger partial charge in [0.2, 0.25) is 0 Å². The van der Waals surface area contributed by atoms with E-state index in [2.05, 4.69) is 0 Å². The number of β-amino-alcohol motifs (C(OH)–C–C–N with tert-alkyl or cyclic N) is 1. The van der Waals surface area contributed by atoms with E-state index in [0.717, 1.165) is 16.0 Å². The number of hydrogen-bond donors (Lipinski definition) is 1. The van der Waals surface area contributed by atoms with Gasteiger partial charge in [0, 0.05) is 12.0 Å². The maximum Gasteiger partial charge on any atom is 0.410 e. The number of benzene rings is 2. The van der Waals surface area contributed by atoms with Crippen molar-refractivity contribution in [3.8, 4) is 11.1 Å². The molecule has 0 aliphatic carbocycles. The predicted molar refractivity (Wildman–Crippen MR) is 114 cm³/mol. The Kier molecular flexibility index (Phi) is 7.41. The molecule has 7 nitrogen and oxygen atoms in total. The molecule has 1 heterocycles. The first-order valence-corrected chi connectivity index (χ1v) is 10.3. The number of aliphatic hydroxyl groups is 1. The Morgan fingerprint density at radius 1 is 1.00 bits per heavy atom. The van der Waals surface area contributed by atoms with Gasteiger partial charge in [0.25, 0.3) is 0 Å². The third-order valence-corrected chi connectivity index (χ3v) is 4.99. The highest BCUT2D eigenvalue weighted by Gasteiger charge is 2.41. The van der Waals surface area contributed by atoms with Crippen LogP contribution < -0.4 is 0 Å². The number of Topliss-reactive ketones (excluding diaryl/α,β-unsaturated/α-hetero) is 1. The first kappa shape index (κ1) is 22.5. The molecule has 1 amide bonds. The van der Waals surface area contributed by atoms with Gasteiger partial charge in [0.1, 0.15) is 6.04 Å². The molecule has 0 aromatic heterocycles. The zero-order chi connectivity index (χ0) is 22.4. The van der Waals surface area contributed by atoms with Crippen molar-refractivity contribution >= 4 is 17.8 Å². The van der Waals surface area contributed by atoms with Gasteiger partial charge in [-0.05, 0) is 17.0 Å². The van der Waals surface area contributed by atoms with Crippen LogP contribution in [-0.4, -0.2) is 59.8 Å². The van der Waals surface area contributed by atoms with E-state index in [9.17, 15) is 19.5 Å². The molecule has 164 valence electrons. The van der Waals surface area contributed by atoms with Crippen molar-refractivity contribution in [3.05, 3.63) is 60.2 Å². The summed E-state index contributed by atoms with van der Waals surface area (Å²) in [7, 11) is 0. The summed E-state index contributed by atoms with van der Waals surface area (Å²) in [5.41, 5.74) is 2.44. The molecule has 1 aliphatic heterocycles. The smallest absolute Gasteiger partial charge is 0.410 e. The second-order valence-corrected chi connectivity index (χ2v) is 8.00. The molecule has 0 spiro atoms. The average Bonchev–Trinajstić information content (AvgIpc) is 3.18. The lowest BCUT2D eigenvalue weighted by molar-refractivity contribution is -0.147. The van der Waals surface area contributed by atoms with Crippen LogP contribution >= 0.6 is 0 Å². The SMILES string of the molecule is CC(C)COC(=O)N1C[C@@H](O)C[C@@H]1C(=O)OCC(=O)c1ccc(-c2ccccc2)cc1. The maximum absolute atomic E-state index is 12.5. The van der Waals surface area contributed by atoms with E-state index in [1.54, 1.807) is 12.1 Å². The first-order valence-electron chi connectivity index (χ1n) is 10.3. The van der Waals surface area contributed by atoms with Gasteiger partial charge < -0.3 is 14.6 Å². The monoisotopic (exact) mass is 425 g/mol. The number of carbonyl (C=O) groups excluding carboxylic acids is 3. The van der Waals surface area contributed by atoms with Crippen molar-refractivity contribution in [2.75, 3.05) is 19.8 Å². The lowest BCUT2D eigenvalue weighted by atomic mass is 10.0. The molecule has 2 aromatic rings. The summed E-state index contributed by atoms with van der Waals surface area (Å²) in [5, 5.41) is 9.90. The Morgan fingerprint density at radius 3 is 2.29 bits per heavy atom. The number of likely N-dealkylation sites (tertiary alicyclic amines) is 1. The Labute approximate surface area is 181 Å². The molecule has 0 bridgehead atoms. The number of ketones is 1. The molecule has 0 saturated carbocycles. The Morgan fingerprint density at radius 2 is 1.65 bits per heavy atom. The highest BCUT2D eigenvalue weighted by molar-refractivity contribution is 5.98. The van der Waals surface area contributed by atoms with E-state index in [4.69, 9.17) is 9.47 Å². The van der Waals surface area contributed by atoms with Crippen molar-refractivity contribution in [2.24, 2.45) is 5.92 Å². The van der Waals surface area contributed by atoms with Crippen LogP contribution in [0.25, 0.3) is 11.1 Å². The van der Waals surface area contributed by atoms with Crippen LogP contribution in [0.3, 0.4) is 0 Å². The van der Waals surface area contributed by atoms with Gasteiger partial charge >= 0.3 is 12.1 Å². The molecular formula is C24H27NO6. The van der Waals surface area contributed by atoms with E-state index in [1.165, 1.54) is 0 Å². The minimum atomic E-state index is -0.970. The number of ether oxygens (including phenoxy) is 2. The summed E-state index contributed by atoms with van der Waals surface area (Å²) in [6.45, 7) is 3.56. The van der Waals surface area contributed by atoms with E-state index < -0.39 is 30.8 Å². The molecule has 0 radical (unpaired) electrons. The summed E-state index contributed by atoms with van der Waals surface area (Å²) in [5.74, 6) is -0.930. The van der Waals surface area contributed by atoms with Crippen LogP contribution in [0.4, 0.5) is 4.79 Å². The second-order valence-electron chi connectivity index (χ2n) is 8.00. The number of nitrogens with zero attached hydrogens (tertiary/aromatic N) is 1. The van der Waals surface area contributed by atoms with Crippen LogP contribution in [0.15, 0.2) is 54.6 Å². The van der Waals surface area contributed by atoms with Crippen LogP contribution in [0.5, 0.6) is 0 Å². The van der Waals surface area contributed by atoms with Gasteiger partial charge in [-0.2, -0.15) is 0 Å². The highest BCUT2D eigenvalue weighted by atomic mass is 16.6. The summed E-state index contributed by atoms with van der Waals surface area (Å²) in [6, 6.07) is 15.9. The Bertz CT molecular complexity index is 909. The third-order valence-electron chi connectivity index (χ3n) is 4.99.